The highest BCUT2D eigenvalue weighted by atomic mass is 16.4. The van der Waals surface area contributed by atoms with Gasteiger partial charge in [0.25, 0.3) is 5.91 Å². The molecule has 1 amide bonds. The molecular formula is C17H21NO3. The van der Waals surface area contributed by atoms with Crippen LogP contribution in [0.4, 0.5) is 0 Å². The van der Waals surface area contributed by atoms with Crippen molar-refractivity contribution in [3.05, 3.63) is 45.6 Å². The monoisotopic (exact) mass is 287 g/mol. The van der Waals surface area contributed by atoms with Crippen LogP contribution in [0, 0.1) is 5.41 Å². The van der Waals surface area contributed by atoms with Crippen LogP contribution in [-0.4, -0.2) is 5.91 Å². The number of aryl methyl sites for hydroxylation is 1. The quantitative estimate of drug-likeness (QED) is 0.905. The van der Waals surface area contributed by atoms with Crippen molar-refractivity contribution in [2.24, 2.45) is 5.41 Å². The van der Waals surface area contributed by atoms with Crippen molar-refractivity contribution in [2.75, 3.05) is 0 Å². The average molecular weight is 287 g/mol. The van der Waals surface area contributed by atoms with Crippen LogP contribution in [0.2, 0.25) is 0 Å². The van der Waals surface area contributed by atoms with Crippen LogP contribution in [0.15, 0.2) is 27.6 Å². The summed E-state index contributed by atoms with van der Waals surface area (Å²) < 4.78 is 5.18. The summed E-state index contributed by atoms with van der Waals surface area (Å²) in [6.07, 6.45) is 7.21. The van der Waals surface area contributed by atoms with Gasteiger partial charge in [-0.05, 0) is 43.1 Å². The number of hydrogen-bond acceptors (Lipinski definition) is 3. The lowest BCUT2D eigenvalue weighted by Gasteiger charge is -2.20. The molecule has 0 bridgehead atoms. The molecule has 0 saturated heterocycles. The summed E-state index contributed by atoms with van der Waals surface area (Å²) >= 11 is 0. The van der Waals surface area contributed by atoms with Crippen molar-refractivity contribution < 1.29 is 9.21 Å². The first-order valence-corrected chi connectivity index (χ1v) is 7.68. The molecule has 1 aliphatic heterocycles. The van der Waals surface area contributed by atoms with E-state index in [2.05, 4.69) is 18.8 Å². The summed E-state index contributed by atoms with van der Waals surface area (Å²) in [5, 5.41) is 2.73. The summed E-state index contributed by atoms with van der Waals surface area (Å²) in [6, 6.07) is 1.47. The lowest BCUT2D eigenvalue weighted by Crippen LogP contribution is -2.32. The van der Waals surface area contributed by atoms with E-state index in [1.807, 2.05) is 0 Å². The third-order valence-electron chi connectivity index (χ3n) is 4.87. The Kier molecular flexibility index (Phi) is 3.47. The Morgan fingerprint density at radius 1 is 1.38 bits per heavy atom. The lowest BCUT2D eigenvalue weighted by molar-refractivity contribution is 0.0952. The molecule has 2 heterocycles. The maximum Gasteiger partial charge on any atom is 0.336 e. The van der Waals surface area contributed by atoms with Crippen molar-refractivity contribution in [2.45, 2.75) is 51.9 Å². The number of hydrogen-bond donors (Lipinski definition) is 1. The van der Waals surface area contributed by atoms with Crippen LogP contribution in [0.3, 0.4) is 0 Å². The molecule has 0 radical (unpaired) electrons. The number of carbonyl (C=O) groups excluding carboxylic acids is 1. The normalized spacial score (nSPS) is 19.1. The molecule has 0 aromatic carbocycles. The van der Waals surface area contributed by atoms with E-state index in [-0.39, 0.29) is 11.5 Å². The number of allylic oxidation sites excluding steroid dienone is 1. The van der Waals surface area contributed by atoms with E-state index < -0.39 is 0 Å². The van der Waals surface area contributed by atoms with Crippen LogP contribution in [0.1, 0.15) is 60.7 Å². The van der Waals surface area contributed by atoms with Crippen LogP contribution in [0.25, 0.3) is 0 Å². The van der Waals surface area contributed by atoms with E-state index >= 15 is 0 Å². The molecule has 0 atom stereocenters. The second-order valence-corrected chi connectivity index (χ2v) is 6.33. The molecule has 1 fully saturated rings. The number of amides is 1. The summed E-state index contributed by atoms with van der Waals surface area (Å²) in [5.74, 6) is 0.263. The Bertz CT molecular complexity index is 652. The smallest absolute Gasteiger partial charge is 0.336 e. The van der Waals surface area contributed by atoms with Gasteiger partial charge >= 0.3 is 5.63 Å². The summed E-state index contributed by atoms with van der Waals surface area (Å²) in [5.41, 5.74) is 2.11. The minimum Gasteiger partial charge on any atom is -0.427 e. The van der Waals surface area contributed by atoms with Crippen LogP contribution < -0.4 is 10.9 Å². The molecule has 1 saturated carbocycles. The zero-order valence-electron chi connectivity index (χ0n) is 12.5. The van der Waals surface area contributed by atoms with Gasteiger partial charge in [-0.1, -0.05) is 19.9 Å². The van der Waals surface area contributed by atoms with E-state index in [9.17, 15) is 9.59 Å². The van der Waals surface area contributed by atoms with Crippen molar-refractivity contribution in [3.8, 4) is 0 Å². The Morgan fingerprint density at radius 3 is 2.81 bits per heavy atom. The third-order valence-corrected chi connectivity index (χ3v) is 4.87. The maximum absolute atomic E-state index is 12.1. The molecule has 4 nitrogen and oxygen atoms in total. The number of rotatable bonds is 5. The van der Waals surface area contributed by atoms with E-state index in [0.717, 1.165) is 18.4 Å². The molecular weight excluding hydrogens is 266 g/mol. The van der Waals surface area contributed by atoms with Gasteiger partial charge < -0.3 is 9.73 Å². The standard InChI is InChI=1S/C17H21NO3/c1-3-17(7-8-17)6-4-5-12-10-14(19)21-13-9-11(2)18-16(20)15(12)13/h10H,2-9H2,1H3,(H,18,20). The van der Waals surface area contributed by atoms with Crippen molar-refractivity contribution >= 4 is 5.91 Å². The van der Waals surface area contributed by atoms with E-state index in [1.54, 1.807) is 0 Å². The molecule has 3 rings (SSSR count). The predicted octanol–water partition coefficient (Wildman–Crippen LogP) is 2.95. The molecule has 112 valence electrons. The molecule has 2 aliphatic rings. The zero-order chi connectivity index (χ0) is 15.0. The van der Waals surface area contributed by atoms with E-state index in [1.165, 1.54) is 31.7 Å². The fraction of sp³-hybridized carbons (Fsp3) is 0.529. The Balaban J connectivity index is 1.80. The van der Waals surface area contributed by atoms with Gasteiger partial charge in [0, 0.05) is 18.2 Å². The van der Waals surface area contributed by atoms with Crippen molar-refractivity contribution in [1.29, 1.82) is 0 Å². The number of fused-ring (bicyclic) bond motifs is 1. The molecule has 0 unspecified atom stereocenters. The summed E-state index contributed by atoms with van der Waals surface area (Å²) in [6.45, 7) is 5.98. The molecule has 21 heavy (non-hydrogen) atoms. The van der Waals surface area contributed by atoms with Gasteiger partial charge in [0.2, 0.25) is 0 Å². The van der Waals surface area contributed by atoms with Crippen LogP contribution in [-0.2, 0) is 12.8 Å². The highest BCUT2D eigenvalue weighted by Crippen LogP contribution is 2.52. The fourth-order valence-electron chi connectivity index (χ4n) is 3.26. The van der Waals surface area contributed by atoms with Gasteiger partial charge in [-0.25, -0.2) is 4.79 Å². The number of nitrogens with one attached hydrogen (secondary N) is 1. The second kappa shape index (κ2) is 5.17. The maximum atomic E-state index is 12.1. The third kappa shape index (κ3) is 2.80. The largest absolute Gasteiger partial charge is 0.427 e. The molecule has 0 spiro atoms. The average Bonchev–Trinajstić information content (AvgIpc) is 3.17. The van der Waals surface area contributed by atoms with Gasteiger partial charge in [-0.3, -0.25) is 4.79 Å². The predicted molar refractivity (Wildman–Crippen MR) is 80.2 cm³/mol. The van der Waals surface area contributed by atoms with Crippen LogP contribution >= 0.6 is 0 Å². The summed E-state index contributed by atoms with van der Waals surface area (Å²) in [4.78, 5) is 23.8. The molecule has 1 aliphatic carbocycles. The van der Waals surface area contributed by atoms with E-state index in [4.69, 9.17) is 4.42 Å². The van der Waals surface area contributed by atoms with Gasteiger partial charge in [0.15, 0.2) is 0 Å². The highest BCUT2D eigenvalue weighted by molar-refractivity contribution is 5.98. The van der Waals surface area contributed by atoms with Crippen LogP contribution in [0.5, 0.6) is 0 Å². The first kappa shape index (κ1) is 14.1. The van der Waals surface area contributed by atoms with Crippen molar-refractivity contribution in [3.63, 3.8) is 0 Å². The minimum atomic E-state index is -0.372. The Labute approximate surface area is 124 Å². The van der Waals surface area contributed by atoms with Gasteiger partial charge in [0.1, 0.15) is 5.76 Å². The fourth-order valence-corrected chi connectivity index (χ4v) is 3.26. The second-order valence-electron chi connectivity index (χ2n) is 6.33. The van der Waals surface area contributed by atoms with Crippen molar-refractivity contribution in [1.82, 2.24) is 5.32 Å². The first-order valence-electron chi connectivity index (χ1n) is 7.68. The van der Waals surface area contributed by atoms with Gasteiger partial charge in [0.05, 0.1) is 5.56 Å². The molecule has 1 aromatic rings. The first-order chi connectivity index (χ1) is 10.0. The number of carbonyl (C=O) groups is 1. The lowest BCUT2D eigenvalue weighted by atomic mass is 9.92. The molecule has 1 aromatic heterocycles. The SMILES string of the molecule is C=C1Cc2oc(=O)cc(CCCC3(CC)CC3)c2C(=O)N1. The highest BCUT2D eigenvalue weighted by Gasteiger charge is 2.39. The molecule has 4 heteroatoms. The Hall–Kier alpha value is -1.84. The minimum absolute atomic E-state index is 0.198. The zero-order valence-corrected chi connectivity index (χ0v) is 12.5. The Morgan fingerprint density at radius 2 is 2.14 bits per heavy atom. The van der Waals surface area contributed by atoms with Gasteiger partial charge in [-0.15, -0.1) is 0 Å². The summed E-state index contributed by atoms with van der Waals surface area (Å²) in [7, 11) is 0. The molecule has 1 N–H and O–H groups in total. The van der Waals surface area contributed by atoms with Gasteiger partial charge in [-0.2, -0.15) is 0 Å². The topological polar surface area (TPSA) is 59.3 Å². The van der Waals surface area contributed by atoms with E-state index in [0.29, 0.717) is 28.9 Å².